The van der Waals surface area contributed by atoms with Crippen molar-refractivity contribution in [3.05, 3.63) is 59.9 Å². The van der Waals surface area contributed by atoms with Gasteiger partial charge in [0.05, 0.1) is 19.1 Å². The van der Waals surface area contributed by atoms with Crippen molar-refractivity contribution in [1.29, 1.82) is 0 Å². The van der Waals surface area contributed by atoms with Crippen molar-refractivity contribution in [3.8, 4) is 5.75 Å². The van der Waals surface area contributed by atoms with Gasteiger partial charge in [0.25, 0.3) is 0 Å². The van der Waals surface area contributed by atoms with Gasteiger partial charge in [0.2, 0.25) is 21.8 Å². The van der Waals surface area contributed by atoms with Crippen LogP contribution in [0.4, 0.5) is 10.1 Å². The molecule has 180 valence electrons. The molecule has 0 fully saturated rings. The maximum atomic E-state index is 13.4. The van der Waals surface area contributed by atoms with Gasteiger partial charge < -0.3 is 15.0 Å². The summed E-state index contributed by atoms with van der Waals surface area (Å²) in [5, 5.41) is 2.76. The summed E-state index contributed by atoms with van der Waals surface area (Å²) < 4.78 is 44.7. The molecule has 0 saturated carbocycles. The first kappa shape index (κ1) is 26.1. The van der Waals surface area contributed by atoms with Gasteiger partial charge in [0.1, 0.15) is 24.2 Å². The Morgan fingerprint density at radius 2 is 1.67 bits per heavy atom. The van der Waals surface area contributed by atoms with Crippen LogP contribution in [0.2, 0.25) is 0 Å². The summed E-state index contributed by atoms with van der Waals surface area (Å²) in [6, 6.07) is 10.9. The highest BCUT2D eigenvalue weighted by Crippen LogP contribution is 2.29. The molecule has 8 nitrogen and oxygen atoms in total. The van der Waals surface area contributed by atoms with E-state index >= 15 is 0 Å². The molecule has 0 heterocycles. The Morgan fingerprint density at radius 3 is 2.21 bits per heavy atom. The molecule has 10 heteroatoms. The van der Waals surface area contributed by atoms with Crippen molar-refractivity contribution >= 4 is 27.5 Å². The van der Waals surface area contributed by atoms with E-state index in [-0.39, 0.29) is 29.9 Å². The van der Waals surface area contributed by atoms with Crippen molar-refractivity contribution in [1.82, 2.24) is 10.2 Å². The monoisotopic (exact) mass is 479 g/mol. The highest BCUT2D eigenvalue weighted by Gasteiger charge is 2.31. The van der Waals surface area contributed by atoms with E-state index in [0.29, 0.717) is 5.56 Å². The second kappa shape index (κ2) is 11.1. The number of halogens is 1. The number of para-hydroxylation sites is 2. The molecule has 0 aliphatic heterocycles. The van der Waals surface area contributed by atoms with Crippen LogP contribution in [0.1, 0.15) is 26.3 Å². The van der Waals surface area contributed by atoms with Crippen molar-refractivity contribution in [2.75, 3.05) is 24.2 Å². The highest BCUT2D eigenvalue weighted by molar-refractivity contribution is 7.92. The van der Waals surface area contributed by atoms with Crippen LogP contribution in [0, 0.1) is 5.82 Å². The van der Waals surface area contributed by atoms with Crippen LogP contribution in [0.15, 0.2) is 48.5 Å². The maximum Gasteiger partial charge on any atom is 0.244 e. The van der Waals surface area contributed by atoms with Gasteiger partial charge in [0.15, 0.2) is 0 Å². The van der Waals surface area contributed by atoms with E-state index in [4.69, 9.17) is 4.74 Å². The lowest BCUT2D eigenvalue weighted by Crippen LogP contribution is -2.52. The third-order valence-corrected chi connectivity index (χ3v) is 6.02. The summed E-state index contributed by atoms with van der Waals surface area (Å²) in [5.41, 5.74) is 0.800. The summed E-state index contributed by atoms with van der Waals surface area (Å²) >= 11 is 0. The fourth-order valence-electron chi connectivity index (χ4n) is 3.20. The number of carbonyl (C=O) groups excluding carboxylic acids is 2. The molecule has 2 aromatic rings. The molecule has 33 heavy (non-hydrogen) atoms. The lowest BCUT2D eigenvalue weighted by molar-refractivity contribution is -0.139. The molecule has 2 aromatic carbocycles. The Bertz CT molecular complexity index is 1070. The number of hydrogen-bond donors (Lipinski definition) is 1. The fraction of sp³-hybridized carbons (Fsp3) is 0.391. The number of ether oxygens (including phenoxy) is 1. The second-order valence-corrected chi connectivity index (χ2v) is 9.84. The number of hydrogen-bond acceptors (Lipinski definition) is 5. The van der Waals surface area contributed by atoms with Gasteiger partial charge in [0, 0.05) is 12.6 Å². The van der Waals surface area contributed by atoms with E-state index in [1.165, 1.54) is 42.3 Å². The minimum atomic E-state index is -3.87. The highest BCUT2D eigenvalue weighted by atomic mass is 32.2. The quantitative estimate of drug-likeness (QED) is 0.565. The van der Waals surface area contributed by atoms with Gasteiger partial charge in [-0.25, -0.2) is 12.8 Å². The number of benzene rings is 2. The summed E-state index contributed by atoms with van der Waals surface area (Å²) in [7, 11) is -2.46. The Balaban J connectivity index is 2.42. The normalized spacial score (nSPS) is 12.2. The smallest absolute Gasteiger partial charge is 0.244 e. The van der Waals surface area contributed by atoms with Crippen LogP contribution < -0.4 is 14.4 Å². The van der Waals surface area contributed by atoms with Crippen molar-refractivity contribution < 1.29 is 27.1 Å². The zero-order valence-electron chi connectivity index (χ0n) is 19.4. The molecule has 2 rings (SSSR count). The Kier molecular flexibility index (Phi) is 8.81. The molecule has 2 amide bonds. The molecule has 0 spiro atoms. The molecular formula is C23H30FN3O5S. The minimum Gasteiger partial charge on any atom is -0.495 e. The molecule has 0 aromatic heterocycles. The van der Waals surface area contributed by atoms with Crippen LogP contribution in [0.25, 0.3) is 0 Å². The standard InChI is InChI=1S/C23H30FN3O5S/c1-16(2)25-23(29)17(3)26(14-18-10-12-19(24)13-11-18)22(28)15-27(33(5,30)31)20-8-6-7-9-21(20)32-4/h6-13,16-17H,14-15H2,1-5H3,(H,25,29)/t17-/m1/s1. The Morgan fingerprint density at radius 1 is 1.06 bits per heavy atom. The lowest BCUT2D eigenvalue weighted by Gasteiger charge is -2.32. The molecular weight excluding hydrogens is 449 g/mol. The van der Waals surface area contributed by atoms with E-state index < -0.39 is 34.3 Å². The van der Waals surface area contributed by atoms with Crippen LogP contribution in [0.3, 0.4) is 0 Å². The summed E-state index contributed by atoms with van der Waals surface area (Å²) in [5.74, 6) is -1.13. The first-order chi connectivity index (χ1) is 15.4. The Hall–Kier alpha value is -3.14. The average Bonchev–Trinajstić information content (AvgIpc) is 2.75. The molecule has 0 aliphatic rings. The number of amides is 2. The predicted molar refractivity (Wildman–Crippen MR) is 125 cm³/mol. The van der Waals surface area contributed by atoms with Gasteiger partial charge >= 0.3 is 0 Å². The van der Waals surface area contributed by atoms with Gasteiger partial charge in [-0.3, -0.25) is 13.9 Å². The zero-order valence-corrected chi connectivity index (χ0v) is 20.2. The number of sulfonamides is 1. The van der Waals surface area contributed by atoms with E-state index in [1.54, 1.807) is 39.0 Å². The molecule has 0 radical (unpaired) electrons. The summed E-state index contributed by atoms with van der Waals surface area (Å²) in [4.78, 5) is 27.4. The number of anilines is 1. The third-order valence-electron chi connectivity index (χ3n) is 4.90. The number of nitrogens with zero attached hydrogens (tertiary/aromatic N) is 2. The third kappa shape index (κ3) is 7.18. The molecule has 0 saturated heterocycles. The lowest BCUT2D eigenvalue weighted by atomic mass is 10.1. The number of methoxy groups -OCH3 is 1. The molecule has 1 N–H and O–H groups in total. The first-order valence-corrected chi connectivity index (χ1v) is 12.2. The predicted octanol–water partition coefficient (Wildman–Crippen LogP) is 2.54. The summed E-state index contributed by atoms with van der Waals surface area (Å²) in [6.07, 6.45) is 0.992. The van der Waals surface area contributed by atoms with Crippen LogP contribution in [0.5, 0.6) is 5.75 Å². The van der Waals surface area contributed by atoms with E-state index in [1.807, 2.05) is 0 Å². The van der Waals surface area contributed by atoms with Crippen LogP contribution in [-0.2, 0) is 26.2 Å². The topological polar surface area (TPSA) is 96.0 Å². The van der Waals surface area contributed by atoms with Crippen LogP contribution in [-0.4, -0.2) is 57.1 Å². The largest absolute Gasteiger partial charge is 0.495 e. The molecule has 0 bridgehead atoms. The van der Waals surface area contributed by atoms with Crippen molar-refractivity contribution in [2.24, 2.45) is 0 Å². The average molecular weight is 480 g/mol. The number of rotatable bonds is 10. The van der Waals surface area contributed by atoms with Crippen LogP contribution >= 0.6 is 0 Å². The second-order valence-electron chi connectivity index (χ2n) is 7.93. The van der Waals surface area contributed by atoms with E-state index in [9.17, 15) is 22.4 Å². The zero-order chi connectivity index (χ0) is 24.8. The van der Waals surface area contributed by atoms with Crippen molar-refractivity contribution in [2.45, 2.75) is 39.4 Å². The minimum absolute atomic E-state index is 0.00464. The maximum absolute atomic E-state index is 13.4. The van der Waals surface area contributed by atoms with Gasteiger partial charge in [-0.1, -0.05) is 24.3 Å². The van der Waals surface area contributed by atoms with Gasteiger partial charge in [-0.05, 0) is 50.6 Å². The number of nitrogens with one attached hydrogen (secondary N) is 1. The fourth-order valence-corrected chi connectivity index (χ4v) is 4.06. The molecule has 1 atom stereocenters. The SMILES string of the molecule is COc1ccccc1N(CC(=O)N(Cc1ccc(F)cc1)[C@H](C)C(=O)NC(C)C)S(C)(=O)=O. The number of carbonyl (C=O) groups is 2. The van der Waals surface area contributed by atoms with Crippen molar-refractivity contribution in [3.63, 3.8) is 0 Å². The van der Waals surface area contributed by atoms with E-state index in [2.05, 4.69) is 5.32 Å². The molecule has 0 aliphatic carbocycles. The summed E-state index contributed by atoms with van der Waals surface area (Å²) in [6.45, 7) is 4.61. The van der Waals surface area contributed by atoms with Gasteiger partial charge in [-0.2, -0.15) is 0 Å². The first-order valence-electron chi connectivity index (χ1n) is 10.4. The van der Waals surface area contributed by atoms with E-state index in [0.717, 1.165) is 10.6 Å². The molecule has 0 unspecified atom stereocenters. The van der Waals surface area contributed by atoms with Gasteiger partial charge in [-0.15, -0.1) is 0 Å². The Labute approximate surface area is 194 Å².